The molecule has 5 aliphatic heterocycles. The van der Waals surface area contributed by atoms with Crippen LogP contribution >= 0.6 is 0 Å². The maximum atomic E-state index is 5.46. The molecule has 0 aromatic heterocycles. The van der Waals surface area contributed by atoms with Crippen molar-refractivity contribution in [3.63, 3.8) is 0 Å². The van der Waals surface area contributed by atoms with Crippen molar-refractivity contribution in [3.8, 4) is 0 Å². The van der Waals surface area contributed by atoms with Crippen molar-refractivity contribution in [2.75, 3.05) is 66.1 Å². The van der Waals surface area contributed by atoms with E-state index in [0.717, 1.165) is 78.4 Å². The van der Waals surface area contributed by atoms with Crippen molar-refractivity contribution in [2.24, 2.45) is 17.3 Å². The van der Waals surface area contributed by atoms with E-state index in [1.807, 2.05) is 0 Å². The van der Waals surface area contributed by atoms with Gasteiger partial charge in [-0.05, 0) is 50.9 Å². The average molecular weight is 629 g/mol. The lowest BCUT2D eigenvalue weighted by Crippen LogP contribution is -2.41. The van der Waals surface area contributed by atoms with Crippen molar-refractivity contribution in [1.82, 2.24) is 0 Å². The van der Waals surface area contributed by atoms with Gasteiger partial charge in [-0.2, -0.15) is 0 Å². The summed E-state index contributed by atoms with van der Waals surface area (Å²) in [5.74, 6) is 1.43. The molecule has 6 unspecified atom stereocenters. The molecule has 5 heterocycles. The molecule has 8 heteroatoms. The van der Waals surface area contributed by atoms with Crippen LogP contribution in [0.15, 0.2) is 12.8 Å². The van der Waals surface area contributed by atoms with Crippen LogP contribution < -0.4 is 0 Å². The molecular formula is C36H68O8. The third kappa shape index (κ3) is 19.7. The maximum Gasteiger partial charge on any atom is 0.104 e. The van der Waals surface area contributed by atoms with Gasteiger partial charge in [0.1, 0.15) is 12.2 Å². The van der Waals surface area contributed by atoms with Gasteiger partial charge in [0.25, 0.3) is 0 Å². The van der Waals surface area contributed by atoms with Crippen molar-refractivity contribution in [3.05, 3.63) is 12.8 Å². The number of hydrogen-bond acceptors (Lipinski definition) is 8. The van der Waals surface area contributed by atoms with E-state index in [-0.39, 0.29) is 0 Å². The molecule has 0 amide bonds. The van der Waals surface area contributed by atoms with E-state index in [1.165, 1.54) is 64.0 Å². The SMILES string of the molecule is C=COCCCCC.CC(COCC1CO1)COCC1CO1.CCC1(CC)COC1.CCC1CCC2OC2C1.CCC1CO1. The third-order valence-corrected chi connectivity index (χ3v) is 9.06. The molecule has 6 aliphatic rings. The predicted molar refractivity (Wildman–Crippen MR) is 176 cm³/mol. The number of fused-ring (bicyclic) bond motifs is 1. The van der Waals surface area contributed by atoms with Crippen LogP contribution in [0.1, 0.15) is 106 Å². The number of hydrogen-bond donors (Lipinski definition) is 0. The van der Waals surface area contributed by atoms with Gasteiger partial charge < -0.3 is 37.9 Å². The summed E-state index contributed by atoms with van der Waals surface area (Å²) in [6, 6.07) is 0. The molecule has 0 aromatic rings. The van der Waals surface area contributed by atoms with Gasteiger partial charge in [-0.15, -0.1) is 0 Å². The van der Waals surface area contributed by atoms with Gasteiger partial charge in [-0.25, -0.2) is 0 Å². The quantitative estimate of drug-likeness (QED) is 0.0938. The second kappa shape index (κ2) is 23.6. The summed E-state index contributed by atoms with van der Waals surface area (Å²) in [5, 5.41) is 0. The highest BCUT2D eigenvalue weighted by atomic mass is 16.6. The van der Waals surface area contributed by atoms with Gasteiger partial charge in [-0.3, -0.25) is 0 Å². The first-order valence-corrected chi connectivity index (χ1v) is 17.9. The van der Waals surface area contributed by atoms with Crippen molar-refractivity contribution < 1.29 is 37.9 Å². The Balaban J connectivity index is 0.000000200. The third-order valence-electron chi connectivity index (χ3n) is 9.06. The minimum atomic E-state index is 0.364. The summed E-state index contributed by atoms with van der Waals surface area (Å²) in [6.45, 7) is 25.2. The predicted octanol–water partition coefficient (Wildman–Crippen LogP) is 7.37. The Kier molecular flexibility index (Phi) is 21.1. The van der Waals surface area contributed by atoms with Gasteiger partial charge in [0.05, 0.1) is 90.6 Å². The van der Waals surface area contributed by atoms with Crippen molar-refractivity contribution in [1.29, 1.82) is 0 Å². The lowest BCUT2D eigenvalue weighted by Gasteiger charge is -2.39. The van der Waals surface area contributed by atoms with Gasteiger partial charge >= 0.3 is 0 Å². The van der Waals surface area contributed by atoms with Crippen molar-refractivity contribution in [2.45, 2.75) is 136 Å². The molecule has 0 spiro atoms. The van der Waals surface area contributed by atoms with E-state index < -0.39 is 0 Å². The largest absolute Gasteiger partial charge is 0.502 e. The lowest BCUT2D eigenvalue weighted by atomic mass is 9.81. The standard InChI is InChI=1S/C10H18O4.C8H14O.2C7H14O.C4H8O/c1-8(2-11-4-9-6-13-9)3-12-5-10-7-14-10;1-2-6-3-4-7-8(5-6)9-7;1-3-7(4-2)5-8-6-7;1-3-5-6-7-8-4-2;1-2-4-3-5-4/h8-10H,2-7H2,1H3;6-8H,2-5H2,1H3;3-6H2,1-2H3;4H,2-3,5-7H2,1H3;4H,2-3H2,1H3. The zero-order valence-electron chi connectivity index (χ0n) is 29.2. The molecule has 0 radical (unpaired) electrons. The Morgan fingerprint density at radius 3 is 1.73 bits per heavy atom. The molecule has 0 N–H and O–H groups in total. The first kappa shape index (κ1) is 39.4. The summed E-state index contributed by atoms with van der Waals surface area (Å²) < 4.78 is 41.3. The zero-order valence-corrected chi connectivity index (χ0v) is 29.2. The fourth-order valence-corrected chi connectivity index (χ4v) is 4.91. The molecule has 6 rings (SSSR count). The smallest absolute Gasteiger partial charge is 0.104 e. The molecule has 1 aliphatic carbocycles. The summed E-state index contributed by atoms with van der Waals surface area (Å²) in [5.41, 5.74) is 0.583. The summed E-state index contributed by atoms with van der Waals surface area (Å²) in [4.78, 5) is 0. The Morgan fingerprint density at radius 1 is 0.795 bits per heavy atom. The van der Waals surface area contributed by atoms with E-state index in [0.29, 0.717) is 41.9 Å². The highest BCUT2D eigenvalue weighted by molar-refractivity contribution is 4.91. The minimum Gasteiger partial charge on any atom is -0.502 e. The monoisotopic (exact) mass is 628 g/mol. The fraction of sp³-hybridized carbons (Fsp3) is 0.944. The van der Waals surface area contributed by atoms with Crippen LogP contribution in [-0.4, -0.2) is 96.6 Å². The van der Waals surface area contributed by atoms with Gasteiger partial charge in [0, 0.05) is 11.3 Å². The lowest BCUT2D eigenvalue weighted by molar-refractivity contribution is -0.116. The Labute approximate surface area is 270 Å². The maximum absolute atomic E-state index is 5.46. The zero-order chi connectivity index (χ0) is 32.0. The normalized spacial score (nSPS) is 29.9. The van der Waals surface area contributed by atoms with E-state index in [2.05, 4.69) is 48.1 Å². The first-order valence-electron chi connectivity index (χ1n) is 17.9. The Morgan fingerprint density at radius 2 is 1.39 bits per heavy atom. The Hall–Kier alpha value is -0.740. The topological polar surface area (TPSA) is 87.0 Å². The number of epoxide rings is 4. The number of unbranched alkanes of at least 4 members (excludes halogenated alkanes) is 2. The number of ether oxygens (including phenoxy) is 8. The molecule has 1 saturated carbocycles. The van der Waals surface area contributed by atoms with Crippen LogP contribution in [0.4, 0.5) is 0 Å². The molecule has 6 atom stereocenters. The molecule has 6 fully saturated rings. The summed E-state index contributed by atoms with van der Waals surface area (Å²) in [7, 11) is 0. The van der Waals surface area contributed by atoms with Crippen LogP contribution in [0.5, 0.6) is 0 Å². The molecule has 260 valence electrons. The van der Waals surface area contributed by atoms with E-state index in [1.54, 1.807) is 0 Å². The highest BCUT2D eigenvalue weighted by Gasteiger charge is 2.43. The van der Waals surface area contributed by atoms with Crippen LogP contribution in [0.3, 0.4) is 0 Å². The van der Waals surface area contributed by atoms with Gasteiger partial charge in [-0.1, -0.05) is 67.4 Å². The van der Waals surface area contributed by atoms with Crippen LogP contribution in [0.2, 0.25) is 0 Å². The minimum absolute atomic E-state index is 0.364. The average Bonchev–Trinajstić information content (AvgIpc) is 3.84. The summed E-state index contributed by atoms with van der Waals surface area (Å²) in [6.07, 6.45) is 17.1. The van der Waals surface area contributed by atoms with E-state index in [4.69, 9.17) is 37.9 Å². The van der Waals surface area contributed by atoms with Crippen molar-refractivity contribution >= 4 is 0 Å². The van der Waals surface area contributed by atoms with Gasteiger partial charge in [0.2, 0.25) is 0 Å². The van der Waals surface area contributed by atoms with E-state index in [9.17, 15) is 0 Å². The highest BCUT2D eigenvalue weighted by Crippen LogP contribution is 2.40. The Bertz CT molecular complexity index is 658. The van der Waals surface area contributed by atoms with Crippen LogP contribution in [-0.2, 0) is 37.9 Å². The van der Waals surface area contributed by atoms with Gasteiger partial charge in [0.15, 0.2) is 0 Å². The molecule has 5 saturated heterocycles. The van der Waals surface area contributed by atoms with Crippen LogP contribution in [0, 0.1) is 17.3 Å². The second-order valence-corrected chi connectivity index (χ2v) is 13.2. The number of rotatable bonds is 17. The molecule has 8 nitrogen and oxygen atoms in total. The molecular weight excluding hydrogens is 560 g/mol. The van der Waals surface area contributed by atoms with Crippen LogP contribution in [0.25, 0.3) is 0 Å². The van der Waals surface area contributed by atoms with E-state index >= 15 is 0 Å². The summed E-state index contributed by atoms with van der Waals surface area (Å²) >= 11 is 0. The second-order valence-electron chi connectivity index (χ2n) is 13.2. The fourth-order valence-electron chi connectivity index (χ4n) is 4.91. The molecule has 0 bridgehead atoms. The molecule has 0 aromatic carbocycles. The molecule has 44 heavy (non-hydrogen) atoms. The first-order chi connectivity index (χ1) is 21.4.